The average molecular weight is 377 g/mol. The normalized spacial score (nSPS) is 12.2. The molecule has 0 aliphatic rings. The number of rotatable bonds is 6. The molecular formula is C16H15F4NO3S. The van der Waals surface area contributed by atoms with E-state index in [0.717, 1.165) is 12.1 Å². The van der Waals surface area contributed by atoms with E-state index >= 15 is 0 Å². The van der Waals surface area contributed by atoms with E-state index in [1.807, 2.05) is 0 Å². The Labute approximate surface area is 142 Å². The van der Waals surface area contributed by atoms with E-state index in [4.69, 9.17) is 0 Å². The molecule has 0 spiro atoms. The van der Waals surface area contributed by atoms with Gasteiger partial charge < -0.3 is 4.74 Å². The van der Waals surface area contributed by atoms with Gasteiger partial charge in [-0.1, -0.05) is 12.1 Å². The third-order valence-electron chi connectivity index (χ3n) is 3.22. The van der Waals surface area contributed by atoms with E-state index < -0.39 is 28.6 Å². The fourth-order valence-electron chi connectivity index (χ4n) is 2.04. The highest BCUT2D eigenvalue weighted by molar-refractivity contribution is 7.89. The second kappa shape index (κ2) is 7.40. The van der Waals surface area contributed by atoms with E-state index in [2.05, 4.69) is 9.46 Å². The molecule has 0 bridgehead atoms. The monoisotopic (exact) mass is 377 g/mol. The van der Waals surface area contributed by atoms with Crippen LogP contribution in [0, 0.1) is 12.7 Å². The fraction of sp³-hybridized carbons (Fsp3) is 0.250. The lowest BCUT2D eigenvalue weighted by Crippen LogP contribution is -2.24. The summed E-state index contributed by atoms with van der Waals surface area (Å²) in [6.45, 7) is 0.00590. The lowest BCUT2D eigenvalue weighted by Gasteiger charge is -2.11. The van der Waals surface area contributed by atoms with Crippen molar-refractivity contribution in [2.24, 2.45) is 0 Å². The van der Waals surface area contributed by atoms with Crippen LogP contribution in [0.3, 0.4) is 0 Å². The summed E-state index contributed by atoms with van der Waals surface area (Å²) in [5.41, 5.74) is 0.797. The van der Waals surface area contributed by atoms with Gasteiger partial charge in [-0.2, -0.15) is 13.2 Å². The van der Waals surface area contributed by atoms with Crippen molar-refractivity contribution in [3.63, 3.8) is 0 Å². The lowest BCUT2D eigenvalue weighted by molar-refractivity contribution is -0.153. The first-order valence-corrected chi connectivity index (χ1v) is 8.59. The van der Waals surface area contributed by atoms with Crippen LogP contribution < -0.4 is 9.46 Å². The van der Waals surface area contributed by atoms with Crippen molar-refractivity contribution in [1.29, 1.82) is 0 Å². The topological polar surface area (TPSA) is 55.4 Å². The molecule has 1 N–H and O–H groups in total. The molecule has 2 aromatic rings. The third-order valence-corrected chi connectivity index (χ3v) is 4.78. The van der Waals surface area contributed by atoms with Crippen LogP contribution in [-0.2, 0) is 16.6 Å². The minimum Gasteiger partial charge on any atom is -0.484 e. The maximum Gasteiger partial charge on any atom is 0.422 e. The molecule has 0 unspecified atom stereocenters. The van der Waals surface area contributed by atoms with Crippen LogP contribution in [0.4, 0.5) is 17.6 Å². The average Bonchev–Trinajstić information content (AvgIpc) is 2.51. The van der Waals surface area contributed by atoms with Gasteiger partial charge in [-0.15, -0.1) is 0 Å². The molecule has 0 atom stereocenters. The van der Waals surface area contributed by atoms with Crippen molar-refractivity contribution in [2.75, 3.05) is 6.61 Å². The first-order chi connectivity index (χ1) is 11.6. The SMILES string of the molecule is Cc1cc(F)ccc1S(=O)(=O)NCc1ccc(OCC(F)(F)F)cc1. The summed E-state index contributed by atoms with van der Waals surface area (Å²) in [5.74, 6) is -0.510. The number of hydrogen-bond acceptors (Lipinski definition) is 3. The largest absolute Gasteiger partial charge is 0.484 e. The molecule has 0 aliphatic heterocycles. The Balaban J connectivity index is 2.00. The number of halogens is 4. The molecule has 0 amide bonds. The van der Waals surface area contributed by atoms with Gasteiger partial charge in [-0.25, -0.2) is 17.5 Å². The molecule has 0 aliphatic carbocycles. The minimum atomic E-state index is -4.43. The first-order valence-electron chi connectivity index (χ1n) is 7.11. The lowest BCUT2D eigenvalue weighted by atomic mass is 10.2. The zero-order valence-corrected chi connectivity index (χ0v) is 13.9. The maximum absolute atomic E-state index is 13.1. The highest BCUT2D eigenvalue weighted by atomic mass is 32.2. The van der Waals surface area contributed by atoms with Crippen LogP contribution >= 0.6 is 0 Å². The van der Waals surface area contributed by atoms with Gasteiger partial charge in [0.15, 0.2) is 6.61 Å². The molecule has 0 fully saturated rings. The van der Waals surface area contributed by atoms with E-state index in [1.165, 1.54) is 37.3 Å². The Morgan fingerprint density at radius 3 is 2.28 bits per heavy atom. The minimum absolute atomic E-state index is 0.0262. The van der Waals surface area contributed by atoms with Crippen molar-refractivity contribution in [2.45, 2.75) is 24.5 Å². The van der Waals surface area contributed by atoms with E-state index in [0.29, 0.717) is 5.56 Å². The molecule has 4 nitrogen and oxygen atoms in total. The van der Waals surface area contributed by atoms with Crippen molar-refractivity contribution < 1.29 is 30.7 Å². The molecule has 2 rings (SSSR count). The van der Waals surface area contributed by atoms with Crippen molar-refractivity contribution in [3.05, 3.63) is 59.4 Å². The quantitative estimate of drug-likeness (QED) is 0.784. The summed E-state index contributed by atoms with van der Waals surface area (Å²) in [5, 5.41) is 0. The number of alkyl halides is 3. The van der Waals surface area contributed by atoms with Gasteiger partial charge >= 0.3 is 6.18 Å². The van der Waals surface area contributed by atoms with Crippen LogP contribution in [0.1, 0.15) is 11.1 Å². The number of nitrogens with one attached hydrogen (secondary N) is 1. The molecule has 25 heavy (non-hydrogen) atoms. The molecule has 0 saturated carbocycles. The predicted molar refractivity (Wildman–Crippen MR) is 83.2 cm³/mol. The van der Waals surface area contributed by atoms with Crippen LogP contribution in [0.25, 0.3) is 0 Å². The predicted octanol–water partition coefficient (Wildman–Crippen LogP) is 3.55. The van der Waals surface area contributed by atoms with Gasteiger partial charge in [0, 0.05) is 6.54 Å². The zero-order valence-electron chi connectivity index (χ0n) is 13.1. The third kappa shape index (κ3) is 5.71. The summed E-state index contributed by atoms with van der Waals surface area (Å²) in [7, 11) is -3.84. The molecule has 0 radical (unpaired) electrons. The number of benzene rings is 2. The van der Waals surface area contributed by atoms with Crippen LogP contribution in [0.15, 0.2) is 47.4 Å². The van der Waals surface area contributed by atoms with Gasteiger partial charge in [0.1, 0.15) is 11.6 Å². The van der Waals surface area contributed by atoms with Gasteiger partial charge in [0.05, 0.1) is 4.90 Å². The molecule has 9 heteroatoms. The molecule has 2 aromatic carbocycles. The number of aryl methyl sites for hydroxylation is 1. The Hall–Kier alpha value is -2.13. The van der Waals surface area contributed by atoms with E-state index in [-0.39, 0.29) is 22.8 Å². The molecule has 136 valence electrons. The van der Waals surface area contributed by atoms with Crippen LogP contribution in [0.2, 0.25) is 0 Å². The first kappa shape index (κ1) is 19.2. The number of sulfonamides is 1. The van der Waals surface area contributed by atoms with E-state index in [1.54, 1.807) is 0 Å². The summed E-state index contributed by atoms with van der Waals surface area (Å²) in [4.78, 5) is -0.0426. The molecule has 0 saturated heterocycles. The van der Waals surface area contributed by atoms with Gasteiger partial charge in [-0.05, 0) is 48.4 Å². The van der Waals surface area contributed by atoms with Gasteiger partial charge in [-0.3, -0.25) is 0 Å². The van der Waals surface area contributed by atoms with Crippen LogP contribution in [0.5, 0.6) is 5.75 Å². The molecule has 0 aromatic heterocycles. The maximum atomic E-state index is 13.1. The summed E-state index contributed by atoms with van der Waals surface area (Å²) in [6.07, 6.45) is -4.43. The number of hydrogen-bond donors (Lipinski definition) is 1. The highest BCUT2D eigenvalue weighted by Crippen LogP contribution is 2.20. The molecule has 0 heterocycles. The smallest absolute Gasteiger partial charge is 0.422 e. The Morgan fingerprint density at radius 1 is 1.08 bits per heavy atom. The Kier molecular flexibility index (Phi) is 5.69. The summed E-state index contributed by atoms with van der Waals surface area (Å²) < 4.78 is 80.7. The van der Waals surface area contributed by atoms with Gasteiger partial charge in [0.25, 0.3) is 0 Å². The Morgan fingerprint density at radius 2 is 1.72 bits per heavy atom. The summed E-state index contributed by atoms with van der Waals surface area (Å²) >= 11 is 0. The Bertz CT molecular complexity index is 833. The van der Waals surface area contributed by atoms with Crippen molar-refractivity contribution in [3.8, 4) is 5.75 Å². The van der Waals surface area contributed by atoms with Crippen molar-refractivity contribution in [1.82, 2.24) is 4.72 Å². The second-order valence-electron chi connectivity index (χ2n) is 5.28. The van der Waals surface area contributed by atoms with Crippen LogP contribution in [-0.4, -0.2) is 21.2 Å². The fourth-order valence-corrected chi connectivity index (χ4v) is 3.28. The summed E-state index contributed by atoms with van der Waals surface area (Å²) in [6, 6.07) is 8.87. The molecular weight excluding hydrogens is 362 g/mol. The van der Waals surface area contributed by atoms with Gasteiger partial charge in [0.2, 0.25) is 10.0 Å². The standard InChI is InChI=1S/C16H15F4NO3S/c1-11-8-13(17)4-7-15(11)25(22,23)21-9-12-2-5-14(6-3-12)24-10-16(18,19)20/h2-8,21H,9-10H2,1H3. The van der Waals surface area contributed by atoms with Crippen molar-refractivity contribution >= 4 is 10.0 Å². The van der Waals surface area contributed by atoms with E-state index in [9.17, 15) is 26.0 Å². The highest BCUT2D eigenvalue weighted by Gasteiger charge is 2.28. The zero-order chi connectivity index (χ0) is 18.7. The second-order valence-corrected chi connectivity index (χ2v) is 7.02. The number of ether oxygens (including phenoxy) is 1.